The van der Waals surface area contributed by atoms with Crippen LogP contribution >= 0.6 is 0 Å². The van der Waals surface area contributed by atoms with Crippen molar-refractivity contribution in [2.45, 2.75) is 30.9 Å². The fraction of sp³-hybridized carbons (Fsp3) is 1.00. The summed E-state index contributed by atoms with van der Waals surface area (Å²) in [5.74, 6) is 0. The molecule has 0 aromatic heterocycles. The van der Waals surface area contributed by atoms with Crippen molar-refractivity contribution in [1.82, 2.24) is 4.90 Å². The Morgan fingerprint density at radius 1 is 1.11 bits per heavy atom. The zero-order valence-electron chi connectivity index (χ0n) is 12.0. The normalized spacial score (nSPS) is 27.5. The van der Waals surface area contributed by atoms with E-state index in [0.29, 0.717) is 12.6 Å². The summed E-state index contributed by atoms with van der Waals surface area (Å²) in [5.41, 5.74) is 6.10. The summed E-state index contributed by atoms with van der Waals surface area (Å²) in [6, 6.07) is 0. The highest BCUT2D eigenvalue weighted by atomic mass is 16.5. The van der Waals surface area contributed by atoms with E-state index in [2.05, 4.69) is 4.90 Å². The fourth-order valence-electron chi connectivity index (χ4n) is 2.70. The molecule has 18 heavy (non-hydrogen) atoms. The van der Waals surface area contributed by atoms with Crippen LogP contribution in [0.5, 0.6) is 0 Å². The molecule has 0 aromatic rings. The molecule has 0 amide bonds. The number of rotatable bonds is 10. The van der Waals surface area contributed by atoms with Crippen molar-refractivity contribution >= 4 is 0 Å². The SMILES string of the molecule is COCCCN(CCOC)C1(CN)CC(OC)C1. The number of hydrogen-bond acceptors (Lipinski definition) is 5. The molecule has 1 aliphatic carbocycles. The predicted molar refractivity (Wildman–Crippen MR) is 71.8 cm³/mol. The number of nitrogens with two attached hydrogens (primary N) is 1. The highest BCUT2D eigenvalue weighted by Gasteiger charge is 2.47. The van der Waals surface area contributed by atoms with Crippen LogP contribution in [0.4, 0.5) is 0 Å². The molecule has 108 valence electrons. The average Bonchev–Trinajstić information content (AvgIpc) is 2.34. The van der Waals surface area contributed by atoms with Crippen molar-refractivity contribution < 1.29 is 14.2 Å². The molecule has 5 nitrogen and oxygen atoms in total. The molecule has 1 rings (SSSR count). The van der Waals surface area contributed by atoms with Gasteiger partial charge in [0.05, 0.1) is 12.7 Å². The van der Waals surface area contributed by atoms with Crippen LogP contribution in [-0.2, 0) is 14.2 Å². The largest absolute Gasteiger partial charge is 0.385 e. The van der Waals surface area contributed by atoms with E-state index in [0.717, 1.165) is 45.6 Å². The van der Waals surface area contributed by atoms with E-state index < -0.39 is 0 Å². The third-order valence-corrected chi connectivity index (χ3v) is 3.94. The van der Waals surface area contributed by atoms with Gasteiger partial charge >= 0.3 is 0 Å². The summed E-state index contributed by atoms with van der Waals surface area (Å²) in [4.78, 5) is 2.45. The molecule has 0 saturated heterocycles. The smallest absolute Gasteiger partial charge is 0.0607 e. The Morgan fingerprint density at radius 2 is 1.78 bits per heavy atom. The predicted octanol–water partition coefficient (Wildman–Crippen LogP) is 0.478. The van der Waals surface area contributed by atoms with Gasteiger partial charge < -0.3 is 19.9 Å². The van der Waals surface area contributed by atoms with Gasteiger partial charge in [0.2, 0.25) is 0 Å². The van der Waals surface area contributed by atoms with Crippen LogP contribution in [0.2, 0.25) is 0 Å². The number of nitrogens with zero attached hydrogens (tertiary/aromatic N) is 1. The first-order chi connectivity index (χ1) is 8.72. The molecule has 0 radical (unpaired) electrons. The maximum atomic E-state index is 5.99. The van der Waals surface area contributed by atoms with Crippen LogP contribution < -0.4 is 5.73 Å². The first kappa shape index (κ1) is 15.9. The standard InChI is InChI=1S/C13H28N2O3/c1-16-7-4-5-15(6-8-17-2)13(11-14)9-12(10-13)18-3/h12H,4-11,14H2,1-3H3. The second-order valence-electron chi connectivity index (χ2n) is 5.02. The molecule has 2 N–H and O–H groups in total. The Kier molecular flexibility index (Phi) is 7.11. The molecule has 1 saturated carbocycles. The monoisotopic (exact) mass is 260 g/mol. The van der Waals surface area contributed by atoms with Gasteiger partial charge in [0, 0.05) is 53.1 Å². The van der Waals surface area contributed by atoms with Crippen LogP contribution in [-0.4, -0.2) is 70.7 Å². The van der Waals surface area contributed by atoms with Crippen LogP contribution in [0.25, 0.3) is 0 Å². The van der Waals surface area contributed by atoms with E-state index in [-0.39, 0.29) is 5.54 Å². The van der Waals surface area contributed by atoms with Crippen molar-refractivity contribution in [2.75, 3.05) is 54.2 Å². The van der Waals surface area contributed by atoms with Crippen molar-refractivity contribution in [3.8, 4) is 0 Å². The Bertz CT molecular complexity index is 220. The van der Waals surface area contributed by atoms with E-state index in [4.69, 9.17) is 19.9 Å². The Labute approximate surface area is 111 Å². The molecular formula is C13H28N2O3. The molecule has 0 spiro atoms. The third kappa shape index (κ3) is 3.90. The van der Waals surface area contributed by atoms with Crippen LogP contribution in [0.15, 0.2) is 0 Å². The topological polar surface area (TPSA) is 57.0 Å². The van der Waals surface area contributed by atoms with Crippen molar-refractivity contribution in [3.05, 3.63) is 0 Å². The van der Waals surface area contributed by atoms with Gasteiger partial charge in [-0.3, -0.25) is 4.90 Å². The zero-order valence-corrected chi connectivity index (χ0v) is 12.0. The third-order valence-electron chi connectivity index (χ3n) is 3.94. The van der Waals surface area contributed by atoms with E-state index in [1.807, 2.05) is 0 Å². The van der Waals surface area contributed by atoms with Crippen LogP contribution in [0.1, 0.15) is 19.3 Å². The lowest BCUT2D eigenvalue weighted by Crippen LogP contribution is -2.64. The Hall–Kier alpha value is -0.200. The minimum Gasteiger partial charge on any atom is -0.385 e. The van der Waals surface area contributed by atoms with Gasteiger partial charge in [0.1, 0.15) is 0 Å². The van der Waals surface area contributed by atoms with Gasteiger partial charge in [0.15, 0.2) is 0 Å². The summed E-state index contributed by atoms with van der Waals surface area (Å²) in [7, 11) is 5.25. The second kappa shape index (κ2) is 8.07. The fourth-order valence-corrected chi connectivity index (χ4v) is 2.70. The van der Waals surface area contributed by atoms with E-state index >= 15 is 0 Å². The first-order valence-corrected chi connectivity index (χ1v) is 6.68. The minimum atomic E-state index is 0.104. The maximum absolute atomic E-state index is 5.99. The lowest BCUT2D eigenvalue weighted by Gasteiger charge is -2.53. The van der Waals surface area contributed by atoms with E-state index in [1.54, 1.807) is 21.3 Å². The van der Waals surface area contributed by atoms with E-state index in [1.165, 1.54) is 0 Å². The van der Waals surface area contributed by atoms with Crippen molar-refractivity contribution in [2.24, 2.45) is 5.73 Å². The quantitative estimate of drug-likeness (QED) is 0.579. The molecular weight excluding hydrogens is 232 g/mol. The number of methoxy groups -OCH3 is 3. The summed E-state index contributed by atoms with van der Waals surface area (Å²) >= 11 is 0. The van der Waals surface area contributed by atoms with Crippen LogP contribution in [0.3, 0.4) is 0 Å². The summed E-state index contributed by atoms with van der Waals surface area (Å²) in [6.07, 6.45) is 3.44. The van der Waals surface area contributed by atoms with Crippen LogP contribution in [0, 0.1) is 0 Å². The van der Waals surface area contributed by atoms with Gasteiger partial charge in [-0.05, 0) is 19.3 Å². The van der Waals surface area contributed by atoms with Gasteiger partial charge in [-0.2, -0.15) is 0 Å². The zero-order chi connectivity index (χ0) is 13.4. The van der Waals surface area contributed by atoms with Gasteiger partial charge in [-0.1, -0.05) is 0 Å². The number of hydrogen-bond donors (Lipinski definition) is 1. The minimum absolute atomic E-state index is 0.104. The highest BCUT2D eigenvalue weighted by Crippen LogP contribution is 2.38. The molecule has 0 aliphatic heterocycles. The van der Waals surface area contributed by atoms with Crippen molar-refractivity contribution in [1.29, 1.82) is 0 Å². The Balaban J connectivity index is 2.50. The second-order valence-corrected chi connectivity index (χ2v) is 5.02. The molecule has 5 heteroatoms. The van der Waals surface area contributed by atoms with E-state index in [9.17, 15) is 0 Å². The van der Waals surface area contributed by atoms with Crippen molar-refractivity contribution in [3.63, 3.8) is 0 Å². The summed E-state index contributed by atoms with van der Waals surface area (Å²) < 4.78 is 15.7. The maximum Gasteiger partial charge on any atom is 0.0607 e. The van der Waals surface area contributed by atoms with Gasteiger partial charge in [-0.15, -0.1) is 0 Å². The molecule has 0 atom stereocenters. The molecule has 0 aromatic carbocycles. The van der Waals surface area contributed by atoms with Gasteiger partial charge in [-0.25, -0.2) is 0 Å². The summed E-state index contributed by atoms with van der Waals surface area (Å²) in [5, 5.41) is 0. The molecule has 1 aliphatic rings. The first-order valence-electron chi connectivity index (χ1n) is 6.68. The lowest BCUT2D eigenvalue weighted by atomic mass is 9.72. The molecule has 1 fully saturated rings. The molecule has 0 bridgehead atoms. The highest BCUT2D eigenvalue weighted by molar-refractivity contribution is 5.04. The summed E-state index contributed by atoms with van der Waals surface area (Å²) in [6.45, 7) is 4.15. The average molecular weight is 260 g/mol. The number of ether oxygens (including phenoxy) is 3. The molecule has 0 heterocycles. The Morgan fingerprint density at radius 3 is 2.28 bits per heavy atom. The lowest BCUT2D eigenvalue weighted by molar-refractivity contribution is -0.0930. The molecule has 0 unspecified atom stereocenters. The van der Waals surface area contributed by atoms with Gasteiger partial charge in [0.25, 0.3) is 0 Å².